The van der Waals surface area contributed by atoms with E-state index in [-0.39, 0.29) is 0 Å². The van der Waals surface area contributed by atoms with Crippen molar-refractivity contribution < 1.29 is 0 Å². The van der Waals surface area contributed by atoms with E-state index in [1.165, 1.54) is 44.2 Å². The first-order valence-corrected chi connectivity index (χ1v) is 7.10. The van der Waals surface area contributed by atoms with Gasteiger partial charge in [0.1, 0.15) is 0 Å². The van der Waals surface area contributed by atoms with Crippen LogP contribution < -0.4 is 5.32 Å². The molecule has 0 aliphatic heterocycles. The van der Waals surface area contributed by atoms with Crippen molar-refractivity contribution >= 4 is 0 Å². The summed E-state index contributed by atoms with van der Waals surface area (Å²) in [6, 6.07) is 2.25. The van der Waals surface area contributed by atoms with Gasteiger partial charge in [0.25, 0.3) is 0 Å². The summed E-state index contributed by atoms with van der Waals surface area (Å²) in [4.78, 5) is 0. The Morgan fingerprint density at radius 2 is 1.76 bits per heavy atom. The highest BCUT2D eigenvalue weighted by molar-refractivity contribution is 5.24. The molecule has 17 heavy (non-hydrogen) atoms. The average molecular weight is 230 g/mol. The molecule has 0 saturated heterocycles. The topological polar surface area (TPSA) is 35.8 Å². The van der Waals surface area contributed by atoms with Gasteiger partial charge in [0.2, 0.25) is 0 Å². The summed E-state index contributed by atoms with van der Waals surface area (Å²) in [6.45, 7) is 3.07. The van der Waals surface area contributed by atoms with Crippen LogP contribution in [0, 0.1) is 34.5 Å². The first kappa shape index (κ1) is 11.1. The van der Waals surface area contributed by atoms with Crippen molar-refractivity contribution in [3.05, 3.63) is 11.8 Å². The molecular weight excluding hydrogens is 208 g/mol. The lowest BCUT2D eigenvalue weighted by atomic mass is 9.48. The minimum atomic E-state index is 0.348. The van der Waals surface area contributed by atoms with Gasteiger partial charge in [-0.1, -0.05) is 0 Å². The number of nitriles is 1. The second kappa shape index (κ2) is 4.05. The van der Waals surface area contributed by atoms with Gasteiger partial charge in [0, 0.05) is 23.7 Å². The summed E-state index contributed by atoms with van der Waals surface area (Å²) in [6.07, 6.45) is 10.2. The molecule has 2 heteroatoms. The van der Waals surface area contributed by atoms with Gasteiger partial charge in [-0.25, -0.2) is 0 Å². The minimum Gasteiger partial charge on any atom is -0.388 e. The van der Waals surface area contributed by atoms with Crippen LogP contribution in [0.15, 0.2) is 11.8 Å². The molecule has 4 aliphatic rings. The number of nitrogens with one attached hydrogen (secondary N) is 1. The lowest BCUT2D eigenvalue weighted by Crippen LogP contribution is -2.49. The van der Waals surface area contributed by atoms with E-state index in [4.69, 9.17) is 5.26 Å². The highest BCUT2D eigenvalue weighted by Gasteiger charge is 2.52. The fourth-order valence-corrected chi connectivity index (χ4v) is 5.09. The van der Waals surface area contributed by atoms with Crippen molar-refractivity contribution in [3.63, 3.8) is 0 Å². The number of rotatable bonds is 3. The maximum absolute atomic E-state index is 9.00. The van der Waals surface area contributed by atoms with Crippen molar-refractivity contribution in [1.29, 1.82) is 5.26 Å². The lowest BCUT2D eigenvalue weighted by Gasteiger charge is -2.57. The molecule has 0 atom stereocenters. The van der Waals surface area contributed by atoms with Crippen molar-refractivity contribution in [2.45, 2.75) is 45.4 Å². The Bertz CT molecular complexity index is 340. The van der Waals surface area contributed by atoms with E-state index < -0.39 is 0 Å². The van der Waals surface area contributed by atoms with Crippen LogP contribution in [0.1, 0.15) is 45.4 Å². The number of allylic oxidation sites excluding steroid dienone is 2. The molecule has 0 aromatic rings. The Balaban J connectivity index is 1.90. The summed E-state index contributed by atoms with van der Waals surface area (Å²) in [5, 5.41) is 12.5. The van der Waals surface area contributed by atoms with Gasteiger partial charge in [-0.15, -0.1) is 0 Å². The van der Waals surface area contributed by atoms with Crippen molar-refractivity contribution in [2.75, 3.05) is 6.54 Å². The average Bonchev–Trinajstić information content (AvgIpc) is 2.27. The highest BCUT2D eigenvalue weighted by atomic mass is 14.9. The molecule has 2 nitrogen and oxygen atoms in total. The molecule has 0 unspecified atom stereocenters. The normalized spacial score (nSPS) is 43.5. The minimum absolute atomic E-state index is 0.348. The summed E-state index contributed by atoms with van der Waals surface area (Å²) >= 11 is 0. The second-order valence-electron chi connectivity index (χ2n) is 6.42. The molecule has 4 aliphatic carbocycles. The van der Waals surface area contributed by atoms with Crippen LogP contribution in [0.3, 0.4) is 0 Å². The van der Waals surface area contributed by atoms with Crippen LogP contribution in [0.4, 0.5) is 0 Å². The predicted molar refractivity (Wildman–Crippen MR) is 68.0 cm³/mol. The first-order chi connectivity index (χ1) is 8.25. The lowest BCUT2D eigenvalue weighted by molar-refractivity contribution is -0.0337. The number of nitrogens with zero attached hydrogens (tertiary/aromatic N) is 1. The van der Waals surface area contributed by atoms with Gasteiger partial charge in [-0.2, -0.15) is 5.26 Å². The van der Waals surface area contributed by atoms with E-state index in [2.05, 4.69) is 18.3 Å². The smallest absolute Gasteiger partial charge is 0.0930 e. The fourth-order valence-electron chi connectivity index (χ4n) is 5.09. The largest absolute Gasteiger partial charge is 0.388 e. The van der Waals surface area contributed by atoms with Crippen LogP contribution in [0.5, 0.6) is 0 Å². The standard InChI is InChI=1S/C15H22N2/c1-2-17-14(3-4-16)15-8-11-5-12(9-15)7-13(6-11)10-15/h3,11-13,17H,2,5-10H2,1H3/b14-3-. The second-order valence-corrected chi connectivity index (χ2v) is 6.42. The van der Waals surface area contributed by atoms with E-state index >= 15 is 0 Å². The Labute approximate surface area is 104 Å². The zero-order chi connectivity index (χ0) is 11.9. The quantitative estimate of drug-likeness (QED) is 0.756. The summed E-state index contributed by atoms with van der Waals surface area (Å²) in [5.74, 6) is 2.84. The van der Waals surface area contributed by atoms with Gasteiger partial charge in [0.15, 0.2) is 0 Å². The molecule has 4 fully saturated rings. The Morgan fingerprint density at radius 1 is 1.24 bits per heavy atom. The van der Waals surface area contributed by atoms with E-state index in [1.54, 1.807) is 6.08 Å². The van der Waals surface area contributed by atoms with Crippen molar-refractivity contribution in [1.82, 2.24) is 5.32 Å². The summed E-state index contributed by atoms with van der Waals surface area (Å²) in [5.41, 5.74) is 1.60. The Hall–Kier alpha value is -0.970. The zero-order valence-electron chi connectivity index (χ0n) is 10.7. The van der Waals surface area contributed by atoms with Crippen LogP contribution in [0.2, 0.25) is 0 Å². The maximum Gasteiger partial charge on any atom is 0.0930 e. The first-order valence-electron chi connectivity index (χ1n) is 7.10. The summed E-state index contributed by atoms with van der Waals surface area (Å²) in [7, 11) is 0. The zero-order valence-corrected chi connectivity index (χ0v) is 10.7. The predicted octanol–water partition coefficient (Wildman–Crippen LogP) is 3.22. The third-order valence-corrected chi connectivity index (χ3v) is 5.19. The van der Waals surface area contributed by atoms with E-state index in [1.807, 2.05) is 0 Å². The van der Waals surface area contributed by atoms with Crippen LogP contribution >= 0.6 is 0 Å². The Kier molecular flexibility index (Phi) is 2.65. The van der Waals surface area contributed by atoms with Crippen molar-refractivity contribution in [3.8, 4) is 6.07 Å². The van der Waals surface area contributed by atoms with E-state index in [9.17, 15) is 0 Å². The fraction of sp³-hybridized carbons (Fsp3) is 0.800. The molecule has 0 spiro atoms. The molecular formula is C15H22N2. The number of hydrogen-bond donors (Lipinski definition) is 1. The molecule has 0 aromatic carbocycles. The summed E-state index contributed by atoms with van der Waals surface area (Å²) < 4.78 is 0. The Morgan fingerprint density at radius 3 is 2.18 bits per heavy atom. The highest BCUT2D eigenvalue weighted by Crippen LogP contribution is 2.62. The molecule has 0 amide bonds. The molecule has 0 heterocycles. The van der Waals surface area contributed by atoms with Crippen LogP contribution in [0.25, 0.3) is 0 Å². The molecule has 4 bridgehead atoms. The molecule has 92 valence electrons. The molecule has 0 aromatic heterocycles. The van der Waals surface area contributed by atoms with Crippen LogP contribution in [-0.4, -0.2) is 6.54 Å². The molecule has 1 N–H and O–H groups in total. The third kappa shape index (κ3) is 1.76. The van der Waals surface area contributed by atoms with Gasteiger partial charge < -0.3 is 5.32 Å². The van der Waals surface area contributed by atoms with E-state index in [0.717, 1.165) is 24.3 Å². The molecule has 4 rings (SSSR count). The van der Waals surface area contributed by atoms with Gasteiger partial charge in [0.05, 0.1) is 6.07 Å². The van der Waals surface area contributed by atoms with Gasteiger partial charge in [-0.05, 0) is 63.2 Å². The van der Waals surface area contributed by atoms with Crippen molar-refractivity contribution in [2.24, 2.45) is 23.2 Å². The van der Waals surface area contributed by atoms with Gasteiger partial charge in [-0.3, -0.25) is 0 Å². The number of hydrogen-bond acceptors (Lipinski definition) is 2. The molecule has 4 saturated carbocycles. The molecule has 0 radical (unpaired) electrons. The van der Waals surface area contributed by atoms with Crippen LogP contribution in [-0.2, 0) is 0 Å². The SMILES string of the molecule is CCN/C(=C\C#N)C12CC3CC(CC(C3)C1)C2. The van der Waals surface area contributed by atoms with E-state index in [0.29, 0.717) is 5.41 Å². The maximum atomic E-state index is 9.00. The van der Waals surface area contributed by atoms with Gasteiger partial charge >= 0.3 is 0 Å². The monoisotopic (exact) mass is 230 g/mol. The third-order valence-electron chi connectivity index (χ3n) is 5.19.